The summed E-state index contributed by atoms with van der Waals surface area (Å²) in [5, 5.41) is 0. The van der Waals surface area contributed by atoms with Crippen LogP contribution < -0.4 is 9.47 Å². The predicted molar refractivity (Wildman–Crippen MR) is 111 cm³/mol. The van der Waals surface area contributed by atoms with Gasteiger partial charge < -0.3 is 14.2 Å². The Balaban J connectivity index is 2.08. The molecule has 2 aromatic carbocycles. The van der Waals surface area contributed by atoms with Crippen molar-refractivity contribution in [1.29, 1.82) is 0 Å². The van der Waals surface area contributed by atoms with E-state index in [9.17, 15) is 9.59 Å². The van der Waals surface area contributed by atoms with Gasteiger partial charge in [-0.15, -0.1) is 0 Å². The van der Waals surface area contributed by atoms with Gasteiger partial charge in [-0.05, 0) is 60.7 Å². The van der Waals surface area contributed by atoms with Crippen LogP contribution in [0.3, 0.4) is 0 Å². The number of hydrogen-bond donors (Lipinski definition) is 0. The summed E-state index contributed by atoms with van der Waals surface area (Å²) in [5.41, 5.74) is 3.72. The highest BCUT2D eigenvalue weighted by molar-refractivity contribution is 6.10. The van der Waals surface area contributed by atoms with Crippen LogP contribution in [-0.4, -0.2) is 32.6 Å². The van der Waals surface area contributed by atoms with Crippen LogP contribution in [0.5, 0.6) is 11.5 Å². The van der Waals surface area contributed by atoms with Crippen molar-refractivity contribution in [2.24, 2.45) is 5.92 Å². The first-order valence-electron chi connectivity index (χ1n) is 9.68. The Kier molecular flexibility index (Phi) is 6.37. The number of benzene rings is 2. The van der Waals surface area contributed by atoms with Crippen molar-refractivity contribution in [2.75, 3.05) is 20.8 Å². The van der Waals surface area contributed by atoms with Gasteiger partial charge in [-0.1, -0.05) is 24.3 Å². The molecule has 0 saturated heterocycles. The lowest BCUT2D eigenvalue weighted by molar-refractivity contribution is -0.151. The largest absolute Gasteiger partial charge is 0.497 e. The van der Waals surface area contributed by atoms with Gasteiger partial charge in [0.25, 0.3) is 0 Å². The number of carbonyl (C=O) groups is 2. The zero-order valence-electron chi connectivity index (χ0n) is 17.2. The number of aryl methyl sites for hydroxylation is 1. The van der Waals surface area contributed by atoms with Crippen LogP contribution in [0.15, 0.2) is 48.5 Å². The summed E-state index contributed by atoms with van der Waals surface area (Å²) in [6, 6.07) is 13.4. The number of carbonyl (C=O) groups excluding carboxylic acids is 2. The molecule has 0 fully saturated rings. The first kappa shape index (κ1) is 20.6. The monoisotopic (exact) mass is 394 g/mol. The maximum atomic E-state index is 13.1. The summed E-state index contributed by atoms with van der Waals surface area (Å²) in [7, 11) is 3.18. The van der Waals surface area contributed by atoms with E-state index in [0.717, 1.165) is 22.3 Å². The van der Waals surface area contributed by atoms with Gasteiger partial charge in [0.2, 0.25) is 0 Å². The first-order chi connectivity index (χ1) is 14.0. The molecule has 0 aromatic heterocycles. The van der Waals surface area contributed by atoms with Crippen molar-refractivity contribution in [1.82, 2.24) is 0 Å². The molecule has 0 N–H and O–H groups in total. The van der Waals surface area contributed by atoms with Gasteiger partial charge in [0.1, 0.15) is 17.4 Å². The molecular weight excluding hydrogens is 368 g/mol. The fourth-order valence-electron chi connectivity index (χ4n) is 3.87. The lowest BCUT2D eigenvalue weighted by Gasteiger charge is -2.30. The Morgan fingerprint density at radius 1 is 1.07 bits per heavy atom. The highest BCUT2D eigenvalue weighted by Crippen LogP contribution is 2.42. The van der Waals surface area contributed by atoms with Gasteiger partial charge in [0.05, 0.1) is 20.8 Å². The molecule has 0 spiro atoms. The number of esters is 1. The maximum absolute atomic E-state index is 13.1. The molecule has 2 atom stereocenters. The molecule has 3 rings (SSSR count). The Bertz CT molecular complexity index is 922. The molecule has 152 valence electrons. The number of allylic oxidation sites excluding steroid dienone is 2. The molecule has 1 aliphatic rings. The van der Waals surface area contributed by atoms with E-state index < -0.39 is 11.9 Å². The van der Waals surface area contributed by atoms with E-state index in [0.29, 0.717) is 17.9 Å². The standard InChI is InChI=1S/C24H26O5/c1-5-29-24(26)23-21(20-9-7-6-8-15(20)2)12-17(13-22(23)25)16-10-18(27-3)14-19(11-16)28-4/h6-11,13-14,21,23H,5,12H2,1-4H3. The van der Waals surface area contributed by atoms with E-state index in [2.05, 4.69) is 0 Å². The van der Waals surface area contributed by atoms with Crippen molar-refractivity contribution in [3.63, 3.8) is 0 Å². The summed E-state index contributed by atoms with van der Waals surface area (Å²) in [6.45, 7) is 3.99. The van der Waals surface area contributed by atoms with Gasteiger partial charge in [0, 0.05) is 12.0 Å². The number of ether oxygens (including phenoxy) is 3. The van der Waals surface area contributed by atoms with Crippen LogP contribution in [0.2, 0.25) is 0 Å². The Hall–Kier alpha value is -3.08. The summed E-state index contributed by atoms with van der Waals surface area (Å²) in [6.07, 6.45) is 2.10. The van der Waals surface area contributed by atoms with Gasteiger partial charge >= 0.3 is 5.97 Å². The van der Waals surface area contributed by atoms with Crippen molar-refractivity contribution in [2.45, 2.75) is 26.2 Å². The molecule has 5 heteroatoms. The van der Waals surface area contributed by atoms with Crippen LogP contribution in [0.4, 0.5) is 0 Å². The third-order valence-electron chi connectivity index (χ3n) is 5.32. The average Bonchev–Trinajstić information content (AvgIpc) is 2.73. The maximum Gasteiger partial charge on any atom is 0.317 e. The summed E-state index contributed by atoms with van der Waals surface area (Å²) in [5.74, 6) is -0.545. The number of rotatable bonds is 6. The third-order valence-corrected chi connectivity index (χ3v) is 5.32. The second-order valence-corrected chi connectivity index (χ2v) is 7.07. The minimum absolute atomic E-state index is 0.236. The summed E-state index contributed by atoms with van der Waals surface area (Å²) < 4.78 is 16.0. The quantitative estimate of drug-likeness (QED) is 0.539. The Morgan fingerprint density at radius 2 is 1.72 bits per heavy atom. The Morgan fingerprint density at radius 3 is 2.31 bits per heavy atom. The third kappa shape index (κ3) is 4.34. The molecule has 2 unspecified atom stereocenters. The predicted octanol–water partition coefficient (Wildman–Crippen LogP) is 4.33. The molecule has 0 amide bonds. The molecule has 0 heterocycles. The van der Waals surface area contributed by atoms with Gasteiger partial charge in [-0.25, -0.2) is 0 Å². The van der Waals surface area contributed by atoms with Gasteiger partial charge in [0.15, 0.2) is 5.78 Å². The van der Waals surface area contributed by atoms with E-state index in [1.165, 1.54) is 0 Å². The zero-order valence-corrected chi connectivity index (χ0v) is 17.2. The SMILES string of the molecule is CCOC(=O)C1C(=O)C=C(c2cc(OC)cc(OC)c2)CC1c1ccccc1C. The lowest BCUT2D eigenvalue weighted by Crippen LogP contribution is -2.34. The first-order valence-corrected chi connectivity index (χ1v) is 9.68. The van der Waals surface area contributed by atoms with Crippen molar-refractivity contribution >= 4 is 17.3 Å². The van der Waals surface area contributed by atoms with E-state index in [4.69, 9.17) is 14.2 Å². The van der Waals surface area contributed by atoms with Gasteiger partial charge in [-0.2, -0.15) is 0 Å². The molecule has 0 radical (unpaired) electrons. The lowest BCUT2D eigenvalue weighted by atomic mass is 9.72. The van der Waals surface area contributed by atoms with Crippen LogP contribution in [0, 0.1) is 12.8 Å². The normalized spacial score (nSPS) is 18.8. The minimum atomic E-state index is -0.840. The summed E-state index contributed by atoms with van der Waals surface area (Å²) >= 11 is 0. The van der Waals surface area contributed by atoms with Crippen molar-refractivity contribution in [3.05, 3.63) is 65.2 Å². The van der Waals surface area contributed by atoms with Crippen LogP contribution >= 0.6 is 0 Å². The molecule has 2 aromatic rings. The minimum Gasteiger partial charge on any atom is -0.497 e. The highest BCUT2D eigenvalue weighted by Gasteiger charge is 2.40. The molecule has 29 heavy (non-hydrogen) atoms. The highest BCUT2D eigenvalue weighted by atomic mass is 16.5. The van der Waals surface area contributed by atoms with Crippen LogP contribution in [0.1, 0.15) is 36.0 Å². The molecule has 1 aliphatic carbocycles. The number of ketones is 1. The van der Waals surface area contributed by atoms with E-state index >= 15 is 0 Å². The van der Waals surface area contributed by atoms with Crippen molar-refractivity contribution in [3.8, 4) is 11.5 Å². The van der Waals surface area contributed by atoms with E-state index in [1.54, 1.807) is 33.3 Å². The van der Waals surface area contributed by atoms with E-state index in [-0.39, 0.29) is 18.3 Å². The molecule has 0 aliphatic heterocycles. The van der Waals surface area contributed by atoms with Crippen molar-refractivity contribution < 1.29 is 23.8 Å². The van der Waals surface area contributed by atoms with Gasteiger partial charge in [-0.3, -0.25) is 9.59 Å². The second kappa shape index (κ2) is 8.95. The average molecular weight is 394 g/mol. The fourth-order valence-corrected chi connectivity index (χ4v) is 3.87. The van der Waals surface area contributed by atoms with Crippen LogP contribution in [-0.2, 0) is 14.3 Å². The topological polar surface area (TPSA) is 61.8 Å². The molecule has 0 saturated carbocycles. The smallest absolute Gasteiger partial charge is 0.317 e. The number of hydrogen-bond acceptors (Lipinski definition) is 5. The molecule has 5 nitrogen and oxygen atoms in total. The molecular formula is C24H26O5. The second-order valence-electron chi connectivity index (χ2n) is 7.07. The number of methoxy groups -OCH3 is 2. The zero-order chi connectivity index (χ0) is 21.0. The summed E-state index contributed by atoms with van der Waals surface area (Å²) in [4.78, 5) is 25.7. The fraction of sp³-hybridized carbons (Fsp3) is 0.333. The Labute approximate surface area is 171 Å². The molecule has 0 bridgehead atoms. The van der Waals surface area contributed by atoms with Crippen LogP contribution in [0.25, 0.3) is 5.57 Å². The van der Waals surface area contributed by atoms with E-state index in [1.807, 2.05) is 43.3 Å².